The summed E-state index contributed by atoms with van der Waals surface area (Å²) in [7, 11) is 0. The van der Waals surface area contributed by atoms with Crippen LogP contribution in [-0.2, 0) is 12.4 Å². The molecule has 9 heteroatoms. The summed E-state index contributed by atoms with van der Waals surface area (Å²) >= 11 is 0. The van der Waals surface area contributed by atoms with E-state index < -0.39 is 29.1 Å². The Morgan fingerprint density at radius 3 is 2.30 bits per heavy atom. The second-order valence-electron chi connectivity index (χ2n) is 6.58. The Bertz CT molecular complexity index is 794. The molecule has 3 nitrogen and oxygen atoms in total. The fourth-order valence-electron chi connectivity index (χ4n) is 3.30. The number of anilines is 1. The van der Waals surface area contributed by atoms with E-state index in [4.69, 9.17) is 0 Å². The number of halogens is 6. The van der Waals surface area contributed by atoms with E-state index in [1.165, 1.54) is 12.1 Å². The molecule has 0 amide bonds. The zero-order chi connectivity index (χ0) is 19.7. The molecule has 0 saturated carbocycles. The van der Waals surface area contributed by atoms with Crippen LogP contribution in [0, 0.1) is 0 Å². The quantitative estimate of drug-likeness (QED) is 0.729. The van der Waals surface area contributed by atoms with E-state index >= 15 is 0 Å². The number of alkyl halides is 6. The minimum atomic E-state index is -4.84. The van der Waals surface area contributed by atoms with Crippen molar-refractivity contribution in [2.45, 2.75) is 31.6 Å². The molecule has 0 spiro atoms. The molecule has 0 unspecified atom stereocenters. The van der Waals surface area contributed by atoms with Gasteiger partial charge in [-0.15, -0.1) is 0 Å². The summed E-state index contributed by atoms with van der Waals surface area (Å²) in [5, 5.41) is 2.90. The van der Waals surface area contributed by atoms with Gasteiger partial charge < -0.3 is 10.2 Å². The number of hydrogen-bond acceptors (Lipinski definition) is 3. The first kappa shape index (κ1) is 19.7. The molecule has 3 rings (SSSR count). The predicted molar refractivity (Wildman–Crippen MR) is 90.5 cm³/mol. The van der Waals surface area contributed by atoms with Gasteiger partial charge in [-0.1, -0.05) is 18.6 Å². The lowest BCUT2D eigenvalue weighted by atomic mass is 10.1. The number of pyridine rings is 1. The lowest BCUT2D eigenvalue weighted by Crippen LogP contribution is -2.33. The maximum absolute atomic E-state index is 13.2. The normalized spacial score (nSPS) is 16.7. The minimum Gasteiger partial charge on any atom is -0.383 e. The lowest BCUT2D eigenvalue weighted by molar-refractivity contribution is -0.142. The standard InChI is InChI=1S/C18H19F6N3/c19-17(20,21)13-6-4-5-12-14(11-15(18(22,23)24)26-16(12)13)25-7-10-27-8-2-1-3-9-27/h4-6,11H,1-3,7-10H2,(H,25,26). The van der Waals surface area contributed by atoms with Crippen LogP contribution >= 0.6 is 0 Å². The van der Waals surface area contributed by atoms with Gasteiger partial charge in [0.2, 0.25) is 0 Å². The van der Waals surface area contributed by atoms with Crippen LogP contribution in [0.15, 0.2) is 24.3 Å². The Morgan fingerprint density at radius 2 is 1.67 bits per heavy atom. The van der Waals surface area contributed by atoms with E-state index in [9.17, 15) is 26.3 Å². The van der Waals surface area contributed by atoms with Crippen molar-refractivity contribution in [2.75, 3.05) is 31.5 Å². The molecule has 0 aliphatic carbocycles. The van der Waals surface area contributed by atoms with Gasteiger partial charge in [0.05, 0.1) is 11.1 Å². The smallest absolute Gasteiger partial charge is 0.383 e. The van der Waals surface area contributed by atoms with Crippen LogP contribution in [0.5, 0.6) is 0 Å². The number of aromatic nitrogens is 1. The average Bonchev–Trinajstić information content (AvgIpc) is 2.60. The molecule has 1 aliphatic rings. The molecule has 27 heavy (non-hydrogen) atoms. The van der Waals surface area contributed by atoms with Crippen molar-refractivity contribution in [2.24, 2.45) is 0 Å². The molecule has 1 aromatic heterocycles. The topological polar surface area (TPSA) is 28.2 Å². The maximum Gasteiger partial charge on any atom is 0.433 e. The summed E-state index contributed by atoms with van der Waals surface area (Å²) < 4.78 is 79.1. The Labute approximate surface area is 152 Å². The van der Waals surface area contributed by atoms with E-state index in [2.05, 4.69) is 15.2 Å². The van der Waals surface area contributed by atoms with Crippen LogP contribution in [0.2, 0.25) is 0 Å². The van der Waals surface area contributed by atoms with E-state index in [0.29, 0.717) is 13.1 Å². The van der Waals surface area contributed by atoms with E-state index in [0.717, 1.165) is 44.5 Å². The molecule has 2 heterocycles. The summed E-state index contributed by atoms with van der Waals surface area (Å²) in [6, 6.07) is 4.04. The first-order valence-electron chi connectivity index (χ1n) is 8.70. The van der Waals surface area contributed by atoms with Crippen LogP contribution in [-0.4, -0.2) is 36.1 Å². The number of piperidine rings is 1. The summed E-state index contributed by atoms with van der Waals surface area (Å²) in [5.74, 6) is 0. The van der Waals surface area contributed by atoms with Crippen molar-refractivity contribution in [3.05, 3.63) is 35.5 Å². The molecule has 0 atom stereocenters. The number of para-hydroxylation sites is 1. The highest BCUT2D eigenvalue weighted by molar-refractivity contribution is 5.93. The summed E-state index contributed by atoms with van der Waals surface area (Å²) in [6.07, 6.45) is -6.32. The van der Waals surface area contributed by atoms with Gasteiger partial charge in [-0.2, -0.15) is 26.3 Å². The first-order valence-corrected chi connectivity index (χ1v) is 8.70. The zero-order valence-corrected chi connectivity index (χ0v) is 14.4. The van der Waals surface area contributed by atoms with Gasteiger partial charge in [-0.3, -0.25) is 0 Å². The Hall–Kier alpha value is -2.03. The van der Waals surface area contributed by atoms with E-state index in [1.807, 2.05) is 0 Å². The van der Waals surface area contributed by atoms with Gasteiger partial charge in [0.15, 0.2) is 0 Å². The van der Waals surface area contributed by atoms with Crippen LogP contribution in [0.1, 0.15) is 30.5 Å². The van der Waals surface area contributed by atoms with Crippen LogP contribution in [0.3, 0.4) is 0 Å². The fourth-order valence-corrected chi connectivity index (χ4v) is 3.30. The lowest BCUT2D eigenvalue weighted by Gasteiger charge is -2.26. The number of hydrogen-bond donors (Lipinski definition) is 1. The van der Waals surface area contributed by atoms with Crippen molar-refractivity contribution in [3.8, 4) is 0 Å². The van der Waals surface area contributed by atoms with Gasteiger partial charge in [0, 0.05) is 24.2 Å². The van der Waals surface area contributed by atoms with Crippen LogP contribution < -0.4 is 5.32 Å². The van der Waals surface area contributed by atoms with Gasteiger partial charge in [-0.05, 0) is 38.1 Å². The molecule has 1 aromatic carbocycles. The maximum atomic E-state index is 13.2. The van der Waals surface area contributed by atoms with Crippen molar-refractivity contribution < 1.29 is 26.3 Å². The molecule has 0 radical (unpaired) electrons. The summed E-state index contributed by atoms with van der Waals surface area (Å²) in [4.78, 5) is 5.46. The van der Waals surface area contributed by atoms with Crippen molar-refractivity contribution in [1.82, 2.24) is 9.88 Å². The molecule has 1 N–H and O–H groups in total. The highest BCUT2D eigenvalue weighted by Gasteiger charge is 2.37. The van der Waals surface area contributed by atoms with Crippen molar-refractivity contribution in [1.29, 1.82) is 0 Å². The Morgan fingerprint density at radius 1 is 0.963 bits per heavy atom. The Kier molecular flexibility index (Phi) is 5.50. The molecule has 1 fully saturated rings. The third kappa shape index (κ3) is 4.63. The summed E-state index contributed by atoms with van der Waals surface area (Å²) in [5.41, 5.74) is -3.20. The van der Waals surface area contributed by atoms with E-state index in [1.54, 1.807) is 0 Å². The molecule has 1 aliphatic heterocycles. The molecule has 1 saturated heterocycles. The third-order valence-electron chi connectivity index (χ3n) is 4.63. The number of nitrogens with zero attached hydrogens (tertiary/aromatic N) is 2. The Balaban J connectivity index is 1.94. The number of likely N-dealkylation sites (tertiary alicyclic amines) is 1. The average molecular weight is 391 g/mol. The molecular formula is C18H19F6N3. The molecule has 0 bridgehead atoms. The minimum absolute atomic E-state index is 0.00966. The highest BCUT2D eigenvalue weighted by atomic mass is 19.4. The third-order valence-corrected chi connectivity index (χ3v) is 4.63. The van der Waals surface area contributed by atoms with Crippen molar-refractivity contribution in [3.63, 3.8) is 0 Å². The molecule has 2 aromatic rings. The number of benzene rings is 1. The zero-order valence-electron chi connectivity index (χ0n) is 14.4. The molecular weight excluding hydrogens is 372 g/mol. The van der Waals surface area contributed by atoms with Gasteiger partial charge in [-0.25, -0.2) is 4.98 Å². The van der Waals surface area contributed by atoms with Gasteiger partial charge >= 0.3 is 12.4 Å². The first-order chi connectivity index (χ1) is 12.7. The predicted octanol–water partition coefficient (Wildman–Crippen LogP) is 5.17. The second kappa shape index (κ2) is 7.53. The van der Waals surface area contributed by atoms with Crippen LogP contribution in [0.25, 0.3) is 10.9 Å². The van der Waals surface area contributed by atoms with Gasteiger partial charge in [0.1, 0.15) is 5.69 Å². The monoisotopic (exact) mass is 391 g/mol. The highest BCUT2D eigenvalue weighted by Crippen LogP contribution is 2.39. The number of fused-ring (bicyclic) bond motifs is 1. The molecule has 148 valence electrons. The van der Waals surface area contributed by atoms with Crippen LogP contribution in [0.4, 0.5) is 32.0 Å². The van der Waals surface area contributed by atoms with E-state index in [-0.39, 0.29) is 11.1 Å². The summed E-state index contributed by atoms with van der Waals surface area (Å²) in [6.45, 7) is 2.80. The van der Waals surface area contributed by atoms with Gasteiger partial charge in [0.25, 0.3) is 0 Å². The second-order valence-corrected chi connectivity index (χ2v) is 6.58. The van der Waals surface area contributed by atoms with Crippen molar-refractivity contribution >= 4 is 16.6 Å². The SMILES string of the molecule is FC(F)(F)c1cc(NCCN2CCCCC2)c2cccc(C(F)(F)F)c2n1. The number of rotatable bonds is 4. The number of nitrogens with one attached hydrogen (secondary N) is 1. The largest absolute Gasteiger partial charge is 0.433 e. The fraction of sp³-hybridized carbons (Fsp3) is 0.500.